The van der Waals surface area contributed by atoms with Crippen LogP contribution in [0.25, 0.3) is 0 Å². The molecule has 0 fully saturated rings. The summed E-state index contributed by atoms with van der Waals surface area (Å²) in [6, 6.07) is 6.01. The van der Waals surface area contributed by atoms with Gasteiger partial charge in [0.05, 0.1) is 6.33 Å². The van der Waals surface area contributed by atoms with Crippen molar-refractivity contribution in [1.29, 1.82) is 0 Å². The van der Waals surface area contributed by atoms with Gasteiger partial charge in [0.1, 0.15) is 5.75 Å². The molecule has 1 unspecified atom stereocenters. The Morgan fingerprint density at radius 3 is 2.90 bits per heavy atom. The molecule has 1 atom stereocenters. The van der Waals surface area contributed by atoms with Crippen LogP contribution in [0, 0.1) is 6.92 Å². The number of nitrogens with one attached hydrogen (secondary N) is 1. The average Bonchev–Trinajstić information content (AvgIpc) is 2.91. The molecule has 0 radical (unpaired) electrons. The van der Waals surface area contributed by atoms with Crippen LogP contribution in [0.3, 0.4) is 0 Å². The molecular formula is C16H23N3O. The zero-order chi connectivity index (χ0) is 14.4. The van der Waals surface area contributed by atoms with Gasteiger partial charge in [-0.3, -0.25) is 0 Å². The molecule has 0 bridgehead atoms. The SMILES string of the molecule is Cc1ccc(C(C)NCCCCn2ccnc2)c(O)c1. The van der Waals surface area contributed by atoms with Gasteiger partial charge < -0.3 is 15.0 Å². The van der Waals surface area contributed by atoms with E-state index in [2.05, 4.69) is 21.8 Å². The van der Waals surface area contributed by atoms with E-state index in [-0.39, 0.29) is 6.04 Å². The topological polar surface area (TPSA) is 50.1 Å². The lowest BCUT2D eigenvalue weighted by Gasteiger charge is -2.16. The Hall–Kier alpha value is -1.81. The molecule has 0 amide bonds. The third kappa shape index (κ3) is 4.10. The third-order valence-electron chi connectivity index (χ3n) is 3.51. The molecule has 0 aliphatic carbocycles. The fourth-order valence-electron chi connectivity index (χ4n) is 2.29. The average molecular weight is 273 g/mol. The number of rotatable bonds is 7. The summed E-state index contributed by atoms with van der Waals surface area (Å²) in [5.41, 5.74) is 2.05. The van der Waals surface area contributed by atoms with Crippen LogP contribution < -0.4 is 5.32 Å². The van der Waals surface area contributed by atoms with E-state index in [0.29, 0.717) is 5.75 Å². The van der Waals surface area contributed by atoms with Gasteiger partial charge in [0.25, 0.3) is 0 Å². The first-order chi connectivity index (χ1) is 9.66. The Bertz CT molecular complexity index is 523. The largest absolute Gasteiger partial charge is 0.508 e. The van der Waals surface area contributed by atoms with E-state index in [1.165, 1.54) is 0 Å². The Labute approximate surface area is 120 Å². The summed E-state index contributed by atoms with van der Waals surface area (Å²) in [5.74, 6) is 0.378. The molecule has 0 saturated heterocycles. The van der Waals surface area contributed by atoms with E-state index in [0.717, 1.165) is 37.1 Å². The Kier molecular flexibility index (Phi) is 5.18. The maximum Gasteiger partial charge on any atom is 0.120 e. The van der Waals surface area contributed by atoms with E-state index < -0.39 is 0 Å². The van der Waals surface area contributed by atoms with Gasteiger partial charge in [-0.2, -0.15) is 0 Å². The number of imidazole rings is 1. The second-order valence-corrected chi connectivity index (χ2v) is 5.25. The van der Waals surface area contributed by atoms with Crippen LogP contribution in [0.1, 0.15) is 36.9 Å². The lowest BCUT2D eigenvalue weighted by atomic mass is 10.0. The van der Waals surface area contributed by atoms with Crippen LogP contribution in [0.15, 0.2) is 36.9 Å². The van der Waals surface area contributed by atoms with Gasteiger partial charge >= 0.3 is 0 Å². The van der Waals surface area contributed by atoms with E-state index in [1.807, 2.05) is 37.6 Å². The first-order valence-corrected chi connectivity index (χ1v) is 7.15. The van der Waals surface area contributed by atoms with Crippen molar-refractivity contribution >= 4 is 0 Å². The van der Waals surface area contributed by atoms with Gasteiger partial charge in [0, 0.05) is 30.5 Å². The predicted octanol–water partition coefficient (Wildman–Crippen LogP) is 3.03. The minimum Gasteiger partial charge on any atom is -0.508 e. The predicted molar refractivity (Wildman–Crippen MR) is 80.7 cm³/mol. The number of nitrogens with zero attached hydrogens (tertiary/aromatic N) is 2. The summed E-state index contributed by atoms with van der Waals surface area (Å²) in [7, 11) is 0. The zero-order valence-corrected chi connectivity index (χ0v) is 12.2. The van der Waals surface area contributed by atoms with Crippen molar-refractivity contribution < 1.29 is 5.11 Å². The van der Waals surface area contributed by atoms with Gasteiger partial charge in [-0.25, -0.2) is 4.98 Å². The monoisotopic (exact) mass is 273 g/mol. The molecule has 1 heterocycles. The third-order valence-corrected chi connectivity index (χ3v) is 3.51. The van der Waals surface area contributed by atoms with Crippen LogP contribution >= 0.6 is 0 Å². The smallest absolute Gasteiger partial charge is 0.120 e. The molecule has 1 aromatic heterocycles. The molecule has 4 heteroatoms. The molecule has 0 saturated carbocycles. The fourth-order valence-corrected chi connectivity index (χ4v) is 2.29. The Balaban J connectivity index is 1.70. The van der Waals surface area contributed by atoms with Gasteiger partial charge in [-0.1, -0.05) is 12.1 Å². The minimum absolute atomic E-state index is 0.170. The fraction of sp³-hybridized carbons (Fsp3) is 0.438. The number of aromatic hydroxyl groups is 1. The zero-order valence-electron chi connectivity index (χ0n) is 12.2. The van der Waals surface area contributed by atoms with Gasteiger partial charge in [0.2, 0.25) is 0 Å². The van der Waals surface area contributed by atoms with Crippen LogP contribution in [-0.4, -0.2) is 21.2 Å². The van der Waals surface area contributed by atoms with Crippen molar-refractivity contribution in [3.05, 3.63) is 48.0 Å². The summed E-state index contributed by atoms with van der Waals surface area (Å²) in [5, 5.41) is 13.4. The van der Waals surface area contributed by atoms with Gasteiger partial charge in [-0.05, 0) is 44.9 Å². The molecule has 2 aromatic rings. The number of benzene rings is 1. The number of aromatic nitrogens is 2. The normalized spacial score (nSPS) is 12.5. The number of phenolic OH excluding ortho intramolecular Hbond substituents is 1. The quantitative estimate of drug-likeness (QED) is 0.762. The molecule has 108 valence electrons. The van der Waals surface area contributed by atoms with E-state index in [4.69, 9.17) is 0 Å². The van der Waals surface area contributed by atoms with Crippen LogP contribution in [0.2, 0.25) is 0 Å². The number of aryl methyl sites for hydroxylation is 2. The summed E-state index contributed by atoms with van der Waals surface area (Å²) >= 11 is 0. The van der Waals surface area contributed by atoms with Crippen LogP contribution in [-0.2, 0) is 6.54 Å². The van der Waals surface area contributed by atoms with E-state index in [9.17, 15) is 5.11 Å². The molecule has 2 N–H and O–H groups in total. The Morgan fingerprint density at radius 2 is 2.20 bits per heavy atom. The molecule has 2 rings (SSSR count). The molecule has 1 aromatic carbocycles. The number of unbranched alkanes of at least 4 members (excludes halogenated alkanes) is 1. The summed E-state index contributed by atoms with van der Waals surface area (Å²) < 4.78 is 2.09. The van der Waals surface area contributed by atoms with Crippen molar-refractivity contribution in [3.63, 3.8) is 0 Å². The van der Waals surface area contributed by atoms with E-state index >= 15 is 0 Å². The maximum atomic E-state index is 9.94. The first kappa shape index (κ1) is 14.6. The molecule has 4 nitrogen and oxygen atoms in total. The molecule has 0 aliphatic heterocycles. The van der Waals surface area contributed by atoms with Crippen molar-refractivity contribution in [3.8, 4) is 5.75 Å². The number of hydrogen-bond donors (Lipinski definition) is 2. The van der Waals surface area contributed by atoms with Crippen molar-refractivity contribution in [2.75, 3.05) is 6.54 Å². The number of hydrogen-bond acceptors (Lipinski definition) is 3. The summed E-state index contributed by atoms with van der Waals surface area (Å²) in [6.07, 6.45) is 7.87. The summed E-state index contributed by atoms with van der Waals surface area (Å²) in [6.45, 7) is 6.02. The highest BCUT2D eigenvalue weighted by Crippen LogP contribution is 2.24. The van der Waals surface area contributed by atoms with Gasteiger partial charge in [-0.15, -0.1) is 0 Å². The highest BCUT2D eigenvalue weighted by Gasteiger charge is 2.09. The van der Waals surface area contributed by atoms with Crippen molar-refractivity contribution in [1.82, 2.24) is 14.9 Å². The molecule has 0 spiro atoms. The molecular weight excluding hydrogens is 250 g/mol. The standard InChI is InChI=1S/C16H23N3O/c1-13-5-6-15(16(20)11-13)14(2)18-7-3-4-9-19-10-8-17-12-19/h5-6,8,10-12,14,18,20H,3-4,7,9H2,1-2H3. The van der Waals surface area contributed by atoms with Crippen LogP contribution in [0.5, 0.6) is 5.75 Å². The lowest BCUT2D eigenvalue weighted by molar-refractivity contribution is 0.449. The second kappa shape index (κ2) is 7.10. The maximum absolute atomic E-state index is 9.94. The van der Waals surface area contributed by atoms with E-state index in [1.54, 1.807) is 6.20 Å². The lowest BCUT2D eigenvalue weighted by Crippen LogP contribution is -2.20. The van der Waals surface area contributed by atoms with Crippen LogP contribution in [0.4, 0.5) is 0 Å². The van der Waals surface area contributed by atoms with Gasteiger partial charge in [0.15, 0.2) is 0 Å². The highest BCUT2D eigenvalue weighted by molar-refractivity contribution is 5.37. The van der Waals surface area contributed by atoms with Crippen molar-refractivity contribution in [2.45, 2.75) is 39.3 Å². The first-order valence-electron chi connectivity index (χ1n) is 7.15. The highest BCUT2D eigenvalue weighted by atomic mass is 16.3. The van der Waals surface area contributed by atoms with Crippen molar-refractivity contribution in [2.24, 2.45) is 0 Å². The Morgan fingerprint density at radius 1 is 1.35 bits per heavy atom. The summed E-state index contributed by atoms with van der Waals surface area (Å²) in [4.78, 5) is 4.03. The molecule has 20 heavy (non-hydrogen) atoms. The second-order valence-electron chi connectivity index (χ2n) is 5.25. The number of phenols is 1. The molecule has 0 aliphatic rings. The minimum atomic E-state index is 0.170.